The molecule has 1 fully saturated rings. The van der Waals surface area contributed by atoms with Crippen LogP contribution in [0.2, 0.25) is 0 Å². The lowest BCUT2D eigenvalue weighted by molar-refractivity contribution is 0.441. The van der Waals surface area contributed by atoms with E-state index in [2.05, 4.69) is 4.98 Å². The van der Waals surface area contributed by atoms with Gasteiger partial charge in [-0.15, -0.1) is 0 Å². The topological polar surface area (TPSA) is 80.7 Å². The molecule has 0 radical (unpaired) electrons. The van der Waals surface area contributed by atoms with Crippen LogP contribution in [0.15, 0.2) is 29.4 Å². The molecular formula is C11H14N4O2S2. The lowest BCUT2D eigenvalue weighted by atomic mass is 10.5. The van der Waals surface area contributed by atoms with Crippen molar-refractivity contribution < 1.29 is 8.42 Å². The molecule has 0 atom stereocenters. The number of rotatable bonds is 2. The molecule has 0 bridgehead atoms. The summed E-state index contributed by atoms with van der Waals surface area (Å²) >= 11 is 1.76. The molecule has 6 nitrogen and oxygen atoms in total. The van der Waals surface area contributed by atoms with Gasteiger partial charge in [-0.2, -0.15) is 16.1 Å². The third-order valence-electron chi connectivity index (χ3n) is 3.07. The van der Waals surface area contributed by atoms with Crippen molar-refractivity contribution in [3.63, 3.8) is 0 Å². The van der Waals surface area contributed by atoms with Crippen LogP contribution in [-0.4, -0.2) is 46.7 Å². The first-order chi connectivity index (χ1) is 9.10. The van der Waals surface area contributed by atoms with E-state index in [0.717, 1.165) is 11.5 Å². The largest absolute Gasteiger partial charge is 0.381 e. The minimum Gasteiger partial charge on any atom is -0.381 e. The van der Waals surface area contributed by atoms with E-state index in [1.54, 1.807) is 36.2 Å². The Labute approximate surface area is 115 Å². The van der Waals surface area contributed by atoms with Gasteiger partial charge in [-0.05, 0) is 12.1 Å². The van der Waals surface area contributed by atoms with Crippen LogP contribution in [0.3, 0.4) is 0 Å². The number of anilines is 1. The maximum absolute atomic E-state index is 12.7. The predicted octanol–water partition coefficient (Wildman–Crippen LogP) is 0.654. The summed E-state index contributed by atoms with van der Waals surface area (Å²) in [5.74, 6) is 1.69. The highest BCUT2D eigenvalue weighted by Gasteiger charge is 2.31. The van der Waals surface area contributed by atoms with Gasteiger partial charge in [0.25, 0.3) is 10.0 Å². The average molecular weight is 298 g/mol. The van der Waals surface area contributed by atoms with E-state index in [1.807, 2.05) is 0 Å². The quantitative estimate of drug-likeness (QED) is 0.880. The fourth-order valence-corrected chi connectivity index (χ4v) is 4.91. The third kappa shape index (κ3) is 2.09. The maximum atomic E-state index is 12.7. The second kappa shape index (κ2) is 4.69. The van der Waals surface area contributed by atoms with Gasteiger partial charge in [0.15, 0.2) is 10.8 Å². The monoisotopic (exact) mass is 298 g/mol. The molecule has 1 aliphatic heterocycles. The first-order valence-corrected chi connectivity index (χ1v) is 8.50. The summed E-state index contributed by atoms with van der Waals surface area (Å²) in [6, 6.07) is 5.30. The number of aromatic nitrogens is 2. The molecule has 2 aromatic rings. The lowest BCUT2D eigenvalue weighted by Gasteiger charge is -2.25. The van der Waals surface area contributed by atoms with Gasteiger partial charge in [0.1, 0.15) is 5.65 Å². The number of nitrogens with two attached hydrogens (primary N) is 1. The van der Waals surface area contributed by atoms with Crippen LogP contribution in [0.25, 0.3) is 5.65 Å². The average Bonchev–Trinajstić information content (AvgIpc) is 2.76. The molecular weight excluding hydrogens is 284 g/mol. The molecule has 0 aromatic carbocycles. The number of nitrogen functional groups attached to an aromatic ring is 1. The Morgan fingerprint density at radius 3 is 2.74 bits per heavy atom. The summed E-state index contributed by atoms with van der Waals surface area (Å²) in [7, 11) is -3.58. The van der Waals surface area contributed by atoms with Crippen molar-refractivity contribution in [2.45, 2.75) is 5.03 Å². The number of fused-ring (bicyclic) bond motifs is 1. The zero-order valence-corrected chi connectivity index (χ0v) is 11.8. The smallest absolute Gasteiger partial charge is 0.262 e. The minimum atomic E-state index is -3.58. The predicted molar refractivity (Wildman–Crippen MR) is 75.7 cm³/mol. The van der Waals surface area contributed by atoms with Gasteiger partial charge >= 0.3 is 0 Å². The second-order valence-corrected chi connectivity index (χ2v) is 7.33. The summed E-state index contributed by atoms with van der Waals surface area (Å²) in [5.41, 5.74) is 6.35. The molecule has 19 heavy (non-hydrogen) atoms. The van der Waals surface area contributed by atoms with Crippen molar-refractivity contribution in [1.29, 1.82) is 0 Å². The van der Waals surface area contributed by atoms with Gasteiger partial charge in [0.05, 0.1) is 0 Å². The van der Waals surface area contributed by atoms with Crippen molar-refractivity contribution in [3.8, 4) is 0 Å². The zero-order valence-electron chi connectivity index (χ0n) is 10.2. The summed E-state index contributed by atoms with van der Waals surface area (Å²) in [5, 5.41) is 0.0787. The van der Waals surface area contributed by atoms with E-state index in [-0.39, 0.29) is 10.8 Å². The van der Waals surface area contributed by atoms with E-state index in [4.69, 9.17) is 5.73 Å². The molecule has 1 aliphatic rings. The van der Waals surface area contributed by atoms with Crippen LogP contribution in [-0.2, 0) is 10.0 Å². The van der Waals surface area contributed by atoms with Crippen LogP contribution in [0.4, 0.5) is 5.82 Å². The number of pyridine rings is 1. The van der Waals surface area contributed by atoms with Crippen LogP contribution in [0, 0.1) is 0 Å². The first kappa shape index (κ1) is 12.8. The number of sulfonamides is 1. The van der Waals surface area contributed by atoms with E-state index in [1.165, 1.54) is 8.71 Å². The van der Waals surface area contributed by atoms with Crippen molar-refractivity contribution in [2.24, 2.45) is 0 Å². The molecule has 8 heteroatoms. The highest BCUT2D eigenvalue weighted by molar-refractivity contribution is 7.99. The zero-order chi connectivity index (χ0) is 13.5. The van der Waals surface area contributed by atoms with Gasteiger partial charge in [-0.1, -0.05) is 6.07 Å². The highest BCUT2D eigenvalue weighted by atomic mass is 32.2. The molecule has 102 valence electrons. The molecule has 3 rings (SSSR count). The molecule has 2 aromatic heterocycles. The van der Waals surface area contributed by atoms with Crippen LogP contribution < -0.4 is 5.73 Å². The Morgan fingerprint density at radius 1 is 1.26 bits per heavy atom. The first-order valence-electron chi connectivity index (χ1n) is 5.91. The number of hydrogen-bond donors (Lipinski definition) is 1. The van der Waals surface area contributed by atoms with Gasteiger partial charge in [-0.25, -0.2) is 13.4 Å². The number of nitrogens with zero attached hydrogens (tertiary/aromatic N) is 3. The van der Waals surface area contributed by atoms with Crippen molar-refractivity contribution in [3.05, 3.63) is 24.4 Å². The highest BCUT2D eigenvalue weighted by Crippen LogP contribution is 2.25. The Balaban J connectivity index is 2.15. The molecule has 1 saturated heterocycles. The molecule has 2 N–H and O–H groups in total. The number of imidazole rings is 1. The van der Waals surface area contributed by atoms with E-state index >= 15 is 0 Å². The van der Waals surface area contributed by atoms with E-state index in [0.29, 0.717) is 18.7 Å². The van der Waals surface area contributed by atoms with Gasteiger partial charge in [0.2, 0.25) is 0 Å². The Kier molecular flexibility index (Phi) is 3.15. The maximum Gasteiger partial charge on any atom is 0.262 e. The third-order valence-corrected chi connectivity index (χ3v) is 5.95. The van der Waals surface area contributed by atoms with Crippen LogP contribution in [0.1, 0.15) is 0 Å². The lowest BCUT2D eigenvalue weighted by Crippen LogP contribution is -2.38. The Bertz CT molecular complexity index is 705. The van der Waals surface area contributed by atoms with Gasteiger partial charge in [0, 0.05) is 30.8 Å². The molecule has 0 spiro atoms. The number of hydrogen-bond acceptors (Lipinski definition) is 5. The van der Waals surface area contributed by atoms with Gasteiger partial charge in [-0.3, -0.25) is 4.40 Å². The minimum absolute atomic E-state index is 0.0597. The SMILES string of the molecule is Nc1nc2ccccn2c1S(=O)(=O)N1CCSCC1. The summed E-state index contributed by atoms with van der Waals surface area (Å²) < 4.78 is 28.3. The fourth-order valence-electron chi connectivity index (χ4n) is 2.16. The van der Waals surface area contributed by atoms with E-state index in [9.17, 15) is 8.42 Å². The van der Waals surface area contributed by atoms with E-state index < -0.39 is 10.0 Å². The number of thioether (sulfide) groups is 1. The normalized spacial score (nSPS) is 17.9. The summed E-state index contributed by atoms with van der Waals surface area (Å²) in [4.78, 5) is 4.10. The summed E-state index contributed by atoms with van der Waals surface area (Å²) in [6.07, 6.45) is 1.67. The Hall–Kier alpha value is -1.25. The summed E-state index contributed by atoms with van der Waals surface area (Å²) in [6.45, 7) is 1.04. The fraction of sp³-hybridized carbons (Fsp3) is 0.364. The van der Waals surface area contributed by atoms with Crippen molar-refractivity contribution >= 4 is 33.3 Å². The van der Waals surface area contributed by atoms with Crippen molar-refractivity contribution in [2.75, 3.05) is 30.3 Å². The molecule has 0 aliphatic carbocycles. The molecule has 0 saturated carbocycles. The van der Waals surface area contributed by atoms with Crippen LogP contribution in [0.5, 0.6) is 0 Å². The van der Waals surface area contributed by atoms with Gasteiger partial charge < -0.3 is 5.73 Å². The molecule has 3 heterocycles. The van der Waals surface area contributed by atoms with Crippen molar-refractivity contribution in [1.82, 2.24) is 13.7 Å². The van der Waals surface area contributed by atoms with Crippen LogP contribution >= 0.6 is 11.8 Å². The Morgan fingerprint density at radius 2 is 2.00 bits per heavy atom. The molecule has 0 unspecified atom stereocenters. The molecule has 0 amide bonds. The standard InChI is InChI=1S/C11H14N4O2S2/c12-10-11(15-4-2-1-3-9(15)13-10)19(16,17)14-5-7-18-8-6-14/h1-4H,5-8,12H2. The second-order valence-electron chi connectivity index (χ2n) is 4.25.